The van der Waals surface area contributed by atoms with E-state index >= 15 is 0 Å². The Morgan fingerprint density at radius 2 is 1.93 bits per heavy atom. The van der Waals surface area contributed by atoms with Gasteiger partial charge in [-0.25, -0.2) is 0 Å². The fourth-order valence-electron chi connectivity index (χ4n) is 3.53. The van der Waals surface area contributed by atoms with Crippen LogP contribution in [0.15, 0.2) is 53.7 Å². The number of rotatable bonds is 4. The molecule has 7 nitrogen and oxygen atoms in total. The summed E-state index contributed by atoms with van der Waals surface area (Å²) >= 11 is 6.12. The summed E-state index contributed by atoms with van der Waals surface area (Å²) in [7, 11) is 1.83. The van der Waals surface area contributed by atoms with Crippen LogP contribution in [0.1, 0.15) is 5.82 Å². The van der Waals surface area contributed by atoms with E-state index in [4.69, 9.17) is 11.6 Å². The molecule has 0 aliphatic carbocycles. The number of fused-ring (bicyclic) bond motifs is 1. The molecule has 0 bridgehead atoms. The van der Waals surface area contributed by atoms with Gasteiger partial charge >= 0.3 is 0 Å². The maximum Gasteiger partial charge on any atom is 0.193 e. The fraction of sp³-hybridized carbons (Fsp3) is 0.350. The van der Waals surface area contributed by atoms with Gasteiger partial charge in [0.25, 0.3) is 0 Å². The van der Waals surface area contributed by atoms with Crippen LogP contribution in [0.4, 0.5) is 5.69 Å². The summed E-state index contributed by atoms with van der Waals surface area (Å²) < 4.78 is 2.02. The van der Waals surface area contributed by atoms with E-state index in [-0.39, 0.29) is 24.0 Å². The largest absolute Gasteiger partial charge is 0.368 e. The third-order valence-corrected chi connectivity index (χ3v) is 5.22. The number of benzene rings is 1. The van der Waals surface area contributed by atoms with Crippen molar-refractivity contribution in [1.29, 1.82) is 0 Å². The second-order valence-corrected chi connectivity index (χ2v) is 7.16. The van der Waals surface area contributed by atoms with Crippen molar-refractivity contribution in [2.75, 3.05) is 44.7 Å². The first-order valence-electron chi connectivity index (χ1n) is 9.49. The number of nitrogens with zero attached hydrogens (tertiary/aromatic N) is 6. The number of anilines is 1. The molecule has 1 fully saturated rings. The molecule has 0 atom stereocenters. The lowest BCUT2D eigenvalue weighted by atomic mass is 10.2. The Labute approximate surface area is 192 Å². The molecule has 3 heterocycles. The lowest BCUT2D eigenvalue weighted by Gasteiger charge is -2.37. The molecule has 0 amide bonds. The Morgan fingerprint density at radius 3 is 2.69 bits per heavy atom. The van der Waals surface area contributed by atoms with Crippen molar-refractivity contribution in [3.63, 3.8) is 0 Å². The summed E-state index contributed by atoms with van der Waals surface area (Å²) in [5.41, 5.74) is 2.05. The molecular weight excluding hydrogens is 501 g/mol. The monoisotopic (exact) mass is 525 g/mol. The molecule has 3 aromatic rings. The minimum Gasteiger partial charge on any atom is -0.368 e. The van der Waals surface area contributed by atoms with Crippen molar-refractivity contribution in [3.8, 4) is 0 Å². The van der Waals surface area contributed by atoms with Crippen LogP contribution in [0.5, 0.6) is 0 Å². The summed E-state index contributed by atoms with van der Waals surface area (Å²) in [5, 5.41) is 12.7. The summed E-state index contributed by atoms with van der Waals surface area (Å²) in [5.74, 6) is 1.88. The average Bonchev–Trinajstić information content (AvgIpc) is 3.15. The molecule has 2 aromatic heterocycles. The van der Waals surface area contributed by atoms with Gasteiger partial charge in [0.2, 0.25) is 0 Å². The van der Waals surface area contributed by atoms with Crippen molar-refractivity contribution in [2.45, 2.75) is 6.42 Å². The van der Waals surface area contributed by atoms with Gasteiger partial charge in [-0.3, -0.25) is 9.39 Å². The van der Waals surface area contributed by atoms with Gasteiger partial charge in [0.1, 0.15) is 5.82 Å². The van der Waals surface area contributed by atoms with E-state index in [1.54, 1.807) is 0 Å². The standard InChI is InChI=1S/C20H24ClN7.HI/c1-22-20(23-9-8-19-25-24-18-7-2-3-10-28(18)19)27-13-11-26(12-14-27)17-6-4-5-16(21)15-17;/h2-7,10,15H,8-9,11-14H2,1H3,(H,22,23);1H. The molecular formula is C20H25ClIN7. The predicted octanol–water partition coefficient (Wildman–Crippen LogP) is 2.94. The Bertz CT molecular complexity index is 966. The minimum absolute atomic E-state index is 0. The fourth-order valence-corrected chi connectivity index (χ4v) is 3.71. The van der Waals surface area contributed by atoms with Gasteiger partial charge < -0.3 is 15.1 Å². The van der Waals surface area contributed by atoms with Gasteiger partial charge in [-0.1, -0.05) is 23.7 Å². The third kappa shape index (κ3) is 5.11. The van der Waals surface area contributed by atoms with Crippen LogP contribution < -0.4 is 10.2 Å². The van der Waals surface area contributed by atoms with Gasteiger partial charge in [0.05, 0.1) is 0 Å². The van der Waals surface area contributed by atoms with Gasteiger partial charge in [-0.15, -0.1) is 34.2 Å². The SMILES string of the molecule is CN=C(NCCc1nnc2ccccn12)N1CCN(c2cccc(Cl)c2)CC1.I. The number of aromatic nitrogens is 3. The minimum atomic E-state index is 0. The molecule has 29 heavy (non-hydrogen) atoms. The maximum absolute atomic E-state index is 6.12. The summed E-state index contributed by atoms with van der Waals surface area (Å²) in [6.45, 7) is 4.47. The van der Waals surface area contributed by atoms with Crippen molar-refractivity contribution in [3.05, 3.63) is 59.5 Å². The predicted molar refractivity (Wildman–Crippen MR) is 129 cm³/mol. The van der Waals surface area contributed by atoms with Crippen molar-refractivity contribution >= 4 is 52.9 Å². The highest BCUT2D eigenvalue weighted by Crippen LogP contribution is 2.20. The second kappa shape index (κ2) is 10.1. The number of nitrogens with one attached hydrogen (secondary N) is 1. The molecule has 4 rings (SSSR count). The third-order valence-electron chi connectivity index (χ3n) is 4.98. The zero-order chi connectivity index (χ0) is 19.3. The summed E-state index contributed by atoms with van der Waals surface area (Å²) in [6.07, 6.45) is 2.78. The average molecular weight is 526 g/mol. The van der Waals surface area contributed by atoms with Gasteiger partial charge in [0, 0.05) is 63.1 Å². The first kappa shape index (κ1) is 21.6. The van der Waals surface area contributed by atoms with Crippen LogP contribution in [-0.2, 0) is 6.42 Å². The molecule has 0 saturated carbocycles. The smallest absolute Gasteiger partial charge is 0.193 e. The van der Waals surface area contributed by atoms with E-state index in [9.17, 15) is 0 Å². The number of hydrogen-bond acceptors (Lipinski definition) is 4. The number of guanidine groups is 1. The summed E-state index contributed by atoms with van der Waals surface area (Å²) in [6, 6.07) is 14.0. The first-order valence-corrected chi connectivity index (χ1v) is 9.87. The van der Waals surface area contributed by atoms with Crippen LogP contribution in [0.25, 0.3) is 5.65 Å². The van der Waals surface area contributed by atoms with Gasteiger partial charge in [0.15, 0.2) is 11.6 Å². The highest BCUT2D eigenvalue weighted by atomic mass is 127. The van der Waals surface area contributed by atoms with E-state index in [0.717, 1.165) is 61.6 Å². The molecule has 1 aromatic carbocycles. The van der Waals surface area contributed by atoms with E-state index < -0.39 is 0 Å². The van der Waals surface area contributed by atoms with Crippen LogP contribution in [-0.4, -0.2) is 65.2 Å². The van der Waals surface area contributed by atoms with E-state index in [0.29, 0.717) is 0 Å². The number of pyridine rings is 1. The number of halogens is 2. The normalized spacial score (nSPS) is 14.8. The Morgan fingerprint density at radius 1 is 1.10 bits per heavy atom. The highest BCUT2D eigenvalue weighted by molar-refractivity contribution is 14.0. The molecule has 0 radical (unpaired) electrons. The number of aliphatic imine (C=N–C) groups is 1. The second-order valence-electron chi connectivity index (χ2n) is 6.72. The molecule has 1 aliphatic rings. The summed E-state index contributed by atoms with van der Waals surface area (Å²) in [4.78, 5) is 9.11. The van der Waals surface area contributed by atoms with E-state index in [1.807, 2.05) is 54.0 Å². The zero-order valence-corrected chi connectivity index (χ0v) is 19.4. The van der Waals surface area contributed by atoms with Crippen LogP contribution in [0, 0.1) is 0 Å². The van der Waals surface area contributed by atoms with Crippen LogP contribution in [0.2, 0.25) is 5.02 Å². The molecule has 0 spiro atoms. The van der Waals surface area contributed by atoms with E-state index in [1.165, 1.54) is 5.69 Å². The lowest BCUT2D eigenvalue weighted by Crippen LogP contribution is -2.52. The van der Waals surface area contributed by atoms with Gasteiger partial charge in [-0.05, 0) is 30.3 Å². The quantitative estimate of drug-likeness (QED) is 0.322. The zero-order valence-electron chi connectivity index (χ0n) is 16.3. The van der Waals surface area contributed by atoms with Crippen molar-refractivity contribution in [1.82, 2.24) is 24.8 Å². The number of piperazine rings is 1. The maximum atomic E-state index is 6.12. The highest BCUT2D eigenvalue weighted by Gasteiger charge is 2.20. The Hall–Kier alpha value is -2.07. The topological polar surface area (TPSA) is 61.1 Å². The van der Waals surface area contributed by atoms with E-state index in [2.05, 4.69) is 36.4 Å². The van der Waals surface area contributed by atoms with Crippen molar-refractivity contribution in [2.24, 2.45) is 4.99 Å². The molecule has 1 N–H and O–H groups in total. The van der Waals surface area contributed by atoms with Crippen LogP contribution >= 0.6 is 35.6 Å². The van der Waals surface area contributed by atoms with Gasteiger partial charge in [-0.2, -0.15) is 0 Å². The van der Waals surface area contributed by atoms with Crippen LogP contribution in [0.3, 0.4) is 0 Å². The lowest BCUT2D eigenvalue weighted by molar-refractivity contribution is 0.373. The Kier molecular flexibility index (Phi) is 7.54. The molecule has 1 saturated heterocycles. The first-order chi connectivity index (χ1) is 13.7. The molecule has 0 unspecified atom stereocenters. The molecule has 9 heteroatoms. The molecule has 1 aliphatic heterocycles. The number of hydrogen-bond donors (Lipinski definition) is 1. The van der Waals surface area contributed by atoms with Crippen molar-refractivity contribution < 1.29 is 0 Å². The Balaban J connectivity index is 0.00000240. The molecule has 154 valence electrons.